The summed E-state index contributed by atoms with van der Waals surface area (Å²) in [5.74, 6) is -0.521. The van der Waals surface area contributed by atoms with Crippen LogP contribution in [0.1, 0.15) is 73.3 Å². The van der Waals surface area contributed by atoms with E-state index >= 15 is 0 Å². The fourth-order valence-electron chi connectivity index (χ4n) is 4.01. The Hall–Kier alpha value is -1.96. The van der Waals surface area contributed by atoms with Crippen LogP contribution in [0.3, 0.4) is 0 Å². The first-order chi connectivity index (χ1) is 12.2. The van der Waals surface area contributed by atoms with Gasteiger partial charge in [0.25, 0.3) is 0 Å². The van der Waals surface area contributed by atoms with E-state index in [4.69, 9.17) is 10.2 Å². The number of hydrogen-bond acceptors (Lipinski definition) is 2. The predicted octanol–water partition coefficient (Wildman–Crippen LogP) is 3.91. The molecule has 1 amide bonds. The van der Waals surface area contributed by atoms with E-state index in [9.17, 15) is 18.0 Å². The summed E-state index contributed by atoms with van der Waals surface area (Å²) in [5, 5.41) is 0.612. The minimum absolute atomic E-state index is 0.0752. The monoisotopic (exact) mass is 400 g/mol. The fraction of sp³-hybridized carbons (Fsp3) is 0.526. The van der Waals surface area contributed by atoms with Crippen LogP contribution in [0.2, 0.25) is 0 Å². The van der Waals surface area contributed by atoms with Crippen molar-refractivity contribution < 1.29 is 22.4 Å². The molecular formula is C19H27F3N2O2Si. The molecule has 1 heterocycles. The van der Waals surface area contributed by atoms with Gasteiger partial charge < -0.3 is 14.7 Å². The third-order valence-corrected chi connectivity index (χ3v) is 5.26. The zero-order valence-corrected chi connectivity index (χ0v) is 19.1. The number of hydrogen-bond donors (Lipinski definition) is 1. The molecule has 2 N–H and O–H groups in total. The molecule has 4 nitrogen and oxygen atoms in total. The summed E-state index contributed by atoms with van der Waals surface area (Å²) in [6, 6.07) is -0.119. The third kappa shape index (κ3) is 3.24. The minimum atomic E-state index is -4.71. The Morgan fingerprint density at radius 3 is 1.96 bits per heavy atom. The van der Waals surface area contributed by atoms with Crippen molar-refractivity contribution in [1.29, 1.82) is 0 Å². The van der Waals surface area contributed by atoms with E-state index in [1.165, 1.54) is 6.92 Å². The number of benzene rings is 1. The topological polar surface area (TPSA) is 57.3 Å². The van der Waals surface area contributed by atoms with Crippen LogP contribution in [0.4, 0.5) is 13.2 Å². The second-order valence-electron chi connectivity index (χ2n) is 8.18. The van der Waals surface area contributed by atoms with Gasteiger partial charge >= 0.3 is 6.18 Å². The normalized spacial score (nSPS) is 13.0. The molecule has 0 aliphatic carbocycles. The average Bonchev–Trinajstić information content (AvgIpc) is 2.77. The molecule has 2 aromatic rings. The van der Waals surface area contributed by atoms with E-state index < -0.39 is 28.6 Å². The number of primary amides is 1. The van der Waals surface area contributed by atoms with Crippen LogP contribution in [0, 0.1) is 13.8 Å². The lowest BCUT2D eigenvalue weighted by Crippen LogP contribution is -2.28. The number of carbonyl (C=O) groups excluding carboxylic acids is 1. The summed E-state index contributed by atoms with van der Waals surface area (Å²) in [5.41, 5.74) is 4.68. The number of rotatable bonds is 3. The average molecular weight is 401 g/mol. The van der Waals surface area contributed by atoms with Crippen molar-refractivity contribution in [2.45, 2.75) is 66.1 Å². The zero-order chi connectivity index (χ0) is 21.1. The first kappa shape index (κ1) is 21.3. The van der Waals surface area contributed by atoms with Gasteiger partial charge in [-0.3, -0.25) is 4.79 Å². The molecule has 2 rings (SSSR count). The van der Waals surface area contributed by atoms with Crippen LogP contribution in [-0.4, -0.2) is 21.0 Å². The molecule has 1 aromatic carbocycles. The van der Waals surface area contributed by atoms with Crippen LogP contribution in [0.15, 0.2) is 0 Å². The highest BCUT2D eigenvalue weighted by atomic mass is 28.2. The summed E-state index contributed by atoms with van der Waals surface area (Å²) in [7, 11) is 0.393. The van der Waals surface area contributed by atoms with Crippen LogP contribution >= 0.6 is 0 Å². The molecule has 0 saturated carbocycles. The van der Waals surface area contributed by atoms with E-state index in [0.717, 1.165) is 5.56 Å². The molecule has 0 spiro atoms. The molecule has 8 heteroatoms. The van der Waals surface area contributed by atoms with Gasteiger partial charge in [-0.2, -0.15) is 13.2 Å². The summed E-state index contributed by atoms with van der Waals surface area (Å²) in [6.45, 7) is 12.3. The number of fused-ring (bicyclic) bond motifs is 1. The van der Waals surface area contributed by atoms with E-state index in [-0.39, 0.29) is 17.2 Å². The molecule has 150 valence electrons. The Morgan fingerprint density at radius 1 is 1.11 bits per heavy atom. The van der Waals surface area contributed by atoms with Gasteiger partial charge in [0.1, 0.15) is 0 Å². The molecule has 0 radical (unpaired) electrons. The van der Waals surface area contributed by atoms with Crippen molar-refractivity contribution in [1.82, 2.24) is 4.57 Å². The lowest BCUT2D eigenvalue weighted by molar-refractivity contribution is -0.139. The van der Waals surface area contributed by atoms with Crippen LogP contribution in [0.5, 0.6) is 5.88 Å². The van der Waals surface area contributed by atoms with E-state index in [0.29, 0.717) is 27.3 Å². The number of carbonyl (C=O) groups is 1. The highest BCUT2D eigenvalue weighted by molar-refractivity contribution is 6.06. The van der Waals surface area contributed by atoms with Crippen molar-refractivity contribution in [2.75, 3.05) is 0 Å². The van der Waals surface area contributed by atoms with Crippen molar-refractivity contribution in [2.24, 2.45) is 5.73 Å². The molecule has 0 aliphatic rings. The van der Waals surface area contributed by atoms with Gasteiger partial charge in [-0.05, 0) is 44.2 Å². The zero-order valence-electron chi connectivity index (χ0n) is 17.1. The summed E-state index contributed by atoms with van der Waals surface area (Å²) in [6.07, 6.45) is -4.71. The lowest BCUT2D eigenvalue weighted by atomic mass is 9.78. The Morgan fingerprint density at radius 2 is 1.63 bits per heavy atom. The molecule has 0 atom stereocenters. The molecule has 1 aromatic heterocycles. The lowest BCUT2D eigenvalue weighted by Gasteiger charge is -2.29. The number of amides is 1. The molecular weight excluding hydrogens is 373 g/mol. The molecule has 0 saturated heterocycles. The van der Waals surface area contributed by atoms with Crippen molar-refractivity contribution in [3.8, 4) is 5.88 Å². The maximum atomic E-state index is 14.2. The van der Waals surface area contributed by atoms with Crippen LogP contribution < -0.4 is 10.2 Å². The number of aromatic nitrogens is 1. The number of nitrogens with two attached hydrogens (primary N) is 1. The Balaban J connectivity index is 3.39. The maximum Gasteiger partial charge on any atom is 0.417 e. The maximum absolute atomic E-state index is 14.2. The van der Waals surface area contributed by atoms with Crippen molar-refractivity contribution in [3.63, 3.8) is 0 Å². The van der Waals surface area contributed by atoms with Gasteiger partial charge in [0, 0.05) is 17.0 Å². The van der Waals surface area contributed by atoms with Gasteiger partial charge in [0.2, 0.25) is 16.4 Å². The minimum Gasteiger partial charge on any atom is -0.541 e. The standard InChI is InChI=1S/C19H27F3N2O2Si/c1-8(2)24-15-11(10(4)17(24)26-27)9(3)12(16(23)25)13(19(20,21)22)14(15)18(5,6)7/h8H,1-7,27H3,(H2,23,25). The smallest absolute Gasteiger partial charge is 0.417 e. The first-order valence-electron chi connectivity index (χ1n) is 8.78. The number of aryl methyl sites for hydroxylation is 2. The van der Waals surface area contributed by atoms with E-state index in [1.807, 2.05) is 25.3 Å². The van der Waals surface area contributed by atoms with E-state index in [1.54, 1.807) is 20.8 Å². The summed E-state index contributed by atoms with van der Waals surface area (Å²) < 4.78 is 50.1. The SMILES string of the molecule is Cc1c(C(N)=O)c(C(F)(F)F)c(C(C)(C)C)c2c1c(C)c(O[SiH3])n2C(C)C. The molecule has 27 heavy (non-hydrogen) atoms. The Kier molecular flexibility index (Phi) is 5.20. The molecule has 0 unspecified atom stereocenters. The molecule has 0 bridgehead atoms. The first-order valence-corrected chi connectivity index (χ1v) is 9.60. The number of halogens is 3. The van der Waals surface area contributed by atoms with Gasteiger partial charge in [0.15, 0.2) is 5.88 Å². The Bertz CT molecular complexity index is 922. The van der Waals surface area contributed by atoms with Crippen molar-refractivity contribution >= 4 is 27.3 Å². The van der Waals surface area contributed by atoms with E-state index in [2.05, 4.69) is 0 Å². The Labute approximate surface area is 160 Å². The largest absolute Gasteiger partial charge is 0.541 e. The molecule has 0 fully saturated rings. The van der Waals surface area contributed by atoms with Crippen LogP contribution in [0.25, 0.3) is 10.9 Å². The van der Waals surface area contributed by atoms with Gasteiger partial charge in [-0.1, -0.05) is 20.8 Å². The van der Waals surface area contributed by atoms with Crippen molar-refractivity contribution in [3.05, 3.63) is 27.8 Å². The number of nitrogens with zero attached hydrogens (tertiary/aromatic N) is 1. The van der Waals surface area contributed by atoms with Gasteiger partial charge in [0.05, 0.1) is 16.6 Å². The highest BCUT2D eigenvalue weighted by Gasteiger charge is 2.44. The second kappa shape index (κ2) is 6.58. The van der Waals surface area contributed by atoms with Gasteiger partial charge in [-0.15, -0.1) is 0 Å². The quantitative estimate of drug-likeness (QED) is 0.794. The fourth-order valence-corrected chi connectivity index (χ4v) is 4.52. The molecule has 0 aliphatic heterocycles. The second-order valence-corrected chi connectivity index (χ2v) is 8.59. The summed E-state index contributed by atoms with van der Waals surface area (Å²) >= 11 is 0. The van der Waals surface area contributed by atoms with Gasteiger partial charge in [-0.25, -0.2) is 0 Å². The number of alkyl halides is 3. The van der Waals surface area contributed by atoms with Crippen LogP contribution in [-0.2, 0) is 11.6 Å². The summed E-state index contributed by atoms with van der Waals surface area (Å²) in [4.78, 5) is 12.1. The predicted molar refractivity (Wildman–Crippen MR) is 105 cm³/mol. The third-order valence-electron chi connectivity index (χ3n) is 4.87. The highest BCUT2D eigenvalue weighted by Crippen LogP contribution is 2.49.